The molecule has 176 valence electrons. The van der Waals surface area contributed by atoms with E-state index >= 15 is 0 Å². The van der Waals surface area contributed by atoms with E-state index in [2.05, 4.69) is 10.4 Å². The molecule has 0 spiro atoms. The summed E-state index contributed by atoms with van der Waals surface area (Å²) in [5.41, 5.74) is 0.944. The number of hydrogen-bond acceptors (Lipinski definition) is 8. The van der Waals surface area contributed by atoms with Crippen molar-refractivity contribution in [2.45, 2.75) is 30.2 Å². The molecule has 0 aromatic heterocycles. The van der Waals surface area contributed by atoms with Gasteiger partial charge in [-0.3, -0.25) is 9.59 Å². The van der Waals surface area contributed by atoms with Crippen LogP contribution in [-0.4, -0.2) is 89.4 Å². The van der Waals surface area contributed by atoms with Gasteiger partial charge in [0.15, 0.2) is 9.84 Å². The minimum absolute atomic E-state index is 0.0157. The average molecular weight is 486 g/mol. The van der Waals surface area contributed by atoms with E-state index in [0.29, 0.717) is 5.69 Å². The van der Waals surface area contributed by atoms with Gasteiger partial charge in [-0.1, -0.05) is 0 Å². The van der Waals surface area contributed by atoms with E-state index in [1.54, 1.807) is 25.1 Å². The van der Waals surface area contributed by atoms with E-state index in [4.69, 9.17) is 0 Å². The molecule has 1 saturated heterocycles. The highest BCUT2D eigenvalue weighted by Gasteiger charge is 2.37. The van der Waals surface area contributed by atoms with Gasteiger partial charge >= 0.3 is 0 Å². The molecule has 11 nitrogen and oxygen atoms in total. The molecule has 3 rings (SSSR count). The van der Waals surface area contributed by atoms with Crippen LogP contribution in [0.25, 0.3) is 0 Å². The molecule has 0 aliphatic carbocycles. The van der Waals surface area contributed by atoms with Crippen LogP contribution < -0.4 is 10.2 Å². The molecular weight excluding hydrogens is 458 g/mol. The van der Waals surface area contributed by atoms with Crippen LogP contribution in [0.3, 0.4) is 0 Å². The summed E-state index contributed by atoms with van der Waals surface area (Å²) in [6.45, 7) is 0. The Bertz CT molecular complexity index is 1170. The maximum atomic E-state index is 13.0. The van der Waals surface area contributed by atoms with Gasteiger partial charge < -0.3 is 10.2 Å². The van der Waals surface area contributed by atoms with Gasteiger partial charge in [0.2, 0.25) is 15.9 Å². The van der Waals surface area contributed by atoms with Crippen molar-refractivity contribution >= 4 is 48.8 Å². The molecule has 1 aromatic rings. The number of anilines is 2. The molecule has 1 atom stereocenters. The van der Waals surface area contributed by atoms with E-state index in [-0.39, 0.29) is 53.0 Å². The Labute approximate surface area is 188 Å². The Hall–Kier alpha value is -2.51. The molecule has 1 aromatic carbocycles. The number of benzene rings is 1. The summed E-state index contributed by atoms with van der Waals surface area (Å²) in [5.74, 6) is -1.09. The fraction of sp³-hybridized carbons (Fsp3) is 0.526. The molecule has 13 heteroatoms. The fourth-order valence-electron chi connectivity index (χ4n) is 3.56. The van der Waals surface area contributed by atoms with E-state index < -0.39 is 31.8 Å². The Morgan fingerprint density at radius 3 is 2.44 bits per heavy atom. The van der Waals surface area contributed by atoms with Gasteiger partial charge in [0.05, 0.1) is 33.8 Å². The van der Waals surface area contributed by atoms with E-state index in [1.165, 1.54) is 26.2 Å². The molecule has 2 aliphatic heterocycles. The van der Waals surface area contributed by atoms with Crippen LogP contribution in [0.4, 0.5) is 11.4 Å². The second-order valence-electron chi connectivity index (χ2n) is 8.16. The Kier molecular flexibility index (Phi) is 6.63. The highest BCUT2D eigenvalue weighted by molar-refractivity contribution is 7.91. The van der Waals surface area contributed by atoms with Crippen molar-refractivity contribution in [2.24, 2.45) is 5.10 Å². The largest absolute Gasteiger partial charge is 0.376 e. The normalized spacial score (nSPS) is 20.9. The van der Waals surface area contributed by atoms with Crippen molar-refractivity contribution in [1.82, 2.24) is 9.31 Å². The first-order chi connectivity index (χ1) is 14.8. The number of nitrogens with zero attached hydrogens (tertiary/aromatic N) is 4. The molecule has 1 N–H and O–H groups in total. The molecule has 2 heterocycles. The minimum Gasteiger partial charge on any atom is -0.376 e. The lowest BCUT2D eigenvalue weighted by Gasteiger charge is -2.28. The number of hydrogen-bond donors (Lipinski definition) is 1. The summed E-state index contributed by atoms with van der Waals surface area (Å²) < 4.78 is 49.7. The number of nitrogens with one attached hydrogen (secondary N) is 1. The Morgan fingerprint density at radius 2 is 1.88 bits per heavy atom. The number of carbonyl (C=O) groups is 2. The summed E-state index contributed by atoms with van der Waals surface area (Å²) in [6.07, 6.45) is 0.424. The number of sulfonamides is 1. The monoisotopic (exact) mass is 485 g/mol. The summed E-state index contributed by atoms with van der Waals surface area (Å²) in [7, 11) is -0.603. The second-order valence-corrected chi connectivity index (χ2v) is 12.5. The third-order valence-corrected chi connectivity index (χ3v) is 8.91. The van der Waals surface area contributed by atoms with Crippen LogP contribution in [0.15, 0.2) is 28.2 Å². The molecule has 0 bridgehead atoms. The molecule has 1 fully saturated rings. The van der Waals surface area contributed by atoms with Gasteiger partial charge in [0.1, 0.15) is 5.71 Å². The lowest BCUT2D eigenvalue weighted by atomic mass is 10.1. The van der Waals surface area contributed by atoms with Crippen molar-refractivity contribution in [3.63, 3.8) is 0 Å². The zero-order chi connectivity index (χ0) is 23.8. The number of rotatable bonds is 6. The Balaban J connectivity index is 1.90. The van der Waals surface area contributed by atoms with E-state index in [0.717, 1.165) is 9.31 Å². The van der Waals surface area contributed by atoms with Crippen LogP contribution >= 0.6 is 0 Å². The third-order valence-electron chi connectivity index (χ3n) is 5.35. The topological polar surface area (TPSA) is 137 Å². The summed E-state index contributed by atoms with van der Waals surface area (Å²) in [5, 5.41) is 7.98. The van der Waals surface area contributed by atoms with Gasteiger partial charge in [0.25, 0.3) is 5.91 Å². The van der Waals surface area contributed by atoms with Gasteiger partial charge in [0, 0.05) is 41.0 Å². The predicted octanol–water partition coefficient (Wildman–Crippen LogP) is 0.107. The molecule has 0 saturated carbocycles. The average Bonchev–Trinajstić information content (AvgIpc) is 3.07. The third kappa shape index (κ3) is 4.94. The van der Waals surface area contributed by atoms with Gasteiger partial charge in [-0.15, -0.1) is 0 Å². The summed E-state index contributed by atoms with van der Waals surface area (Å²) in [6, 6.07) is 3.84. The highest BCUT2D eigenvalue weighted by atomic mass is 32.2. The minimum atomic E-state index is -3.72. The van der Waals surface area contributed by atoms with Gasteiger partial charge in [-0.25, -0.2) is 26.1 Å². The standard InChI is InChI=1S/C19H27N5O6S2/c1-22(2)17-7-5-14(32(29,30)23(3)4)11-16(17)20-19(26)15-6-8-18(25)24(21-15)13-9-10-31(27,28)12-13/h5,7,11,13H,6,8-10,12H2,1-4H3,(H,20,26)/t13-/m1/s1. The first-order valence-electron chi connectivity index (χ1n) is 9.97. The number of carbonyl (C=O) groups excluding carboxylic acids is 2. The van der Waals surface area contributed by atoms with Crippen molar-refractivity contribution in [2.75, 3.05) is 49.9 Å². The van der Waals surface area contributed by atoms with Crippen molar-refractivity contribution in [1.29, 1.82) is 0 Å². The quantitative estimate of drug-likeness (QED) is 0.604. The van der Waals surface area contributed by atoms with Crippen LogP contribution in [0.1, 0.15) is 19.3 Å². The maximum Gasteiger partial charge on any atom is 0.271 e. The molecule has 2 amide bonds. The van der Waals surface area contributed by atoms with Crippen LogP contribution in [-0.2, 0) is 29.4 Å². The lowest BCUT2D eigenvalue weighted by Crippen LogP contribution is -2.42. The first kappa shape index (κ1) is 24.1. The molecule has 0 radical (unpaired) electrons. The zero-order valence-electron chi connectivity index (χ0n) is 18.4. The number of hydrazone groups is 1. The summed E-state index contributed by atoms with van der Waals surface area (Å²) >= 11 is 0. The fourth-order valence-corrected chi connectivity index (χ4v) is 6.18. The SMILES string of the molecule is CN(C)c1ccc(S(=O)(=O)N(C)C)cc1NC(=O)C1=NN([C@@H]2CCS(=O)(=O)C2)C(=O)CC1. The lowest BCUT2D eigenvalue weighted by molar-refractivity contribution is -0.133. The second kappa shape index (κ2) is 8.79. The smallest absolute Gasteiger partial charge is 0.271 e. The zero-order valence-corrected chi connectivity index (χ0v) is 20.0. The van der Waals surface area contributed by atoms with Crippen molar-refractivity contribution < 1.29 is 26.4 Å². The number of sulfone groups is 1. The Morgan fingerprint density at radius 1 is 1.19 bits per heavy atom. The number of amides is 2. The van der Waals surface area contributed by atoms with Crippen molar-refractivity contribution in [3.05, 3.63) is 18.2 Å². The van der Waals surface area contributed by atoms with E-state index in [1.807, 2.05) is 0 Å². The van der Waals surface area contributed by atoms with Crippen LogP contribution in [0, 0.1) is 0 Å². The van der Waals surface area contributed by atoms with Gasteiger partial charge in [-0.05, 0) is 24.6 Å². The molecular formula is C19H27N5O6S2. The molecule has 2 aliphatic rings. The predicted molar refractivity (Wildman–Crippen MR) is 121 cm³/mol. The summed E-state index contributed by atoms with van der Waals surface area (Å²) in [4.78, 5) is 27.0. The van der Waals surface area contributed by atoms with Crippen LogP contribution in [0.2, 0.25) is 0 Å². The van der Waals surface area contributed by atoms with Crippen molar-refractivity contribution in [3.8, 4) is 0 Å². The van der Waals surface area contributed by atoms with Crippen LogP contribution in [0.5, 0.6) is 0 Å². The first-order valence-corrected chi connectivity index (χ1v) is 13.2. The molecule has 0 unspecified atom stereocenters. The van der Waals surface area contributed by atoms with E-state index in [9.17, 15) is 26.4 Å². The maximum absolute atomic E-state index is 13.0. The highest BCUT2D eigenvalue weighted by Crippen LogP contribution is 2.29. The van der Waals surface area contributed by atoms with Gasteiger partial charge in [-0.2, -0.15) is 5.10 Å². The molecule has 32 heavy (non-hydrogen) atoms.